The molecule has 2 nitrogen and oxygen atoms in total. The fourth-order valence-electron chi connectivity index (χ4n) is 2.27. The van der Waals surface area contributed by atoms with E-state index in [-0.39, 0.29) is 0 Å². The molecule has 2 N–H and O–H groups in total. The van der Waals surface area contributed by atoms with Crippen molar-refractivity contribution in [1.82, 2.24) is 0 Å². The van der Waals surface area contributed by atoms with Crippen LogP contribution in [-0.2, 0) is 11.2 Å². The fraction of sp³-hybridized carbons (Fsp3) is 0.692. The van der Waals surface area contributed by atoms with Gasteiger partial charge in [0.05, 0.1) is 6.10 Å². The van der Waals surface area contributed by atoms with E-state index in [1.807, 2.05) is 0 Å². The zero-order valence-corrected chi connectivity index (χ0v) is 10.5. The van der Waals surface area contributed by atoms with Crippen LogP contribution in [0.3, 0.4) is 0 Å². The van der Waals surface area contributed by atoms with Crippen LogP contribution in [0.4, 0.5) is 0 Å². The largest absolute Gasteiger partial charge is 0.378 e. The molecule has 0 spiro atoms. The van der Waals surface area contributed by atoms with Crippen molar-refractivity contribution >= 4 is 11.3 Å². The highest BCUT2D eigenvalue weighted by Crippen LogP contribution is 2.19. The van der Waals surface area contributed by atoms with Crippen LogP contribution in [0.1, 0.15) is 37.0 Å². The van der Waals surface area contributed by atoms with E-state index in [2.05, 4.69) is 17.5 Å². The van der Waals surface area contributed by atoms with Gasteiger partial charge in [-0.15, -0.1) is 11.3 Å². The Kier molecular flexibility index (Phi) is 4.82. The smallest absolute Gasteiger partial charge is 0.0576 e. The van der Waals surface area contributed by atoms with Crippen molar-refractivity contribution in [1.29, 1.82) is 0 Å². The molecule has 0 saturated carbocycles. The van der Waals surface area contributed by atoms with Crippen LogP contribution in [-0.4, -0.2) is 18.8 Å². The summed E-state index contributed by atoms with van der Waals surface area (Å²) in [6.07, 6.45) is 7.57. The summed E-state index contributed by atoms with van der Waals surface area (Å²) in [5.74, 6) is 0. The molecule has 0 amide bonds. The number of hydrogen-bond acceptors (Lipinski definition) is 3. The summed E-state index contributed by atoms with van der Waals surface area (Å²) in [5, 5.41) is 2.12. The molecule has 1 aromatic heterocycles. The van der Waals surface area contributed by atoms with Gasteiger partial charge in [0.1, 0.15) is 0 Å². The van der Waals surface area contributed by atoms with E-state index in [0.717, 1.165) is 19.4 Å². The van der Waals surface area contributed by atoms with Gasteiger partial charge in [0.2, 0.25) is 0 Å². The molecule has 1 aliphatic rings. The molecule has 1 aliphatic heterocycles. The van der Waals surface area contributed by atoms with E-state index in [9.17, 15) is 0 Å². The maximum absolute atomic E-state index is 6.12. The normalized spacial score (nSPS) is 22.4. The van der Waals surface area contributed by atoms with Crippen LogP contribution in [0, 0.1) is 0 Å². The van der Waals surface area contributed by atoms with E-state index < -0.39 is 0 Å². The molecule has 2 unspecified atom stereocenters. The third-order valence-electron chi connectivity index (χ3n) is 3.17. The molecule has 0 aliphatic carbocycles. The van der Waals surface area contributed by atoms with Gasteiger partial charge in [-0.3, -0.25) is 0 Å². The van der Waals surface area contributed by atoms with Crippen molar-refractivity contribution in [2.45, 2.75) is 50.7 Å². The lowest BCUT2D eigenvalue weighted by Crippen LogP contribution is -2.22. The third kappa shape index (κ3) is 3.89. The van der Waals surface area contributed by atoms with Crippen molar-refractivity contribution in [3.05, 3.63) is 22.4 Å². The standard InChI is InChI=1S/C13H21NOS/c14-11(10-13-7-3-9-16-13)4-1-5-12-6-2-8-15-12/h3,7,9,11-12H,1-2,4-6,8,10,14H2. The lowest BCUT2D eigenvalue weighted by atomic mass is 10.0. The third-order valence-corrected chi connectivity index (χ3v) is 4.07. The second kappa shape index (κ2) is 6.38. The Morgan fingerprint density at radius 1 is 1.56 bits per heavy atom. The lowest BCUT2D eigenvalue weighted by molar-refractivity contribution is 0.101. The monoisotopic (exact) mass is 239 g/mol. The van der Waals surface area contributed by atoms with Crippen molar-refractivity contribution in [3.63, 3.8) is 0 Å². The summed E-state index contributed by atoms with van der Waals surface area (Å²) >= 11 is 1.81. The zero-order chi connectivity index (χ0) is 11.2. The number of hydrogen-bond donors (Lipinski definition) is 1. The number of rotatable bonds is 6. The quantitative estimate of drug-likeness (QED) is 0.828. The average Bonchev–Trinajstić information content (AvgIpc) is 2.90. The molecular weight excluding hydrogens is 218 g/mol. The van der Waals surface area contributed by atoms with E-state index in [4.69, 9.17) is 10.5 Å². The van der Waals surface area contributed by atoms with Crippen molar-refractivity contribution in [3.8, 4) is 0 Å². The first-order valence-electron chi connectivity index (χ1n) is 6.24. The lowest BCUT2D eigenvalue weighted by Gasteiger charge is -2.12. The minimum atomic E-state index is 0.319. The van der Waals surface area contributed by atoms with Crippen LogP contribution >= 0.6 is 11.3 Å². The number of ether oxygens (including phenoxy) is 1. The van der Waals surface area contributed by atoms with E-state index >= 15 is 0 Å². The minimum Gasteiger partial charge on any atom is -0.378 e. The number of thiophene rings is 1. The minimum absolute atomic E-state index is 0.319. The number of nitrogens with two attached hydrogens (primary N) is 1. The molecular formula is C13H21NOS. The second-order valence-corrected chi connectivity index (χ2v) is 5.64. The Bertz CT molecular complexity index is 280. The summed E-state index contributed by atoms with van der Waals surface area (Å²) in [6, 6.07) is 4.59. The molecule has 1 fully saturated rings. The predicted octanol–water partition coefficient (Wildman–Crippen LogP) is 2.97. The van der Waals surface area contributed by atoms with Gasteiger partial charge >= 0.3 is 0 Å². The summed E-state index contributed by atoms with van der Waals surface area (Å²) in [5.41, 5.74) is 6.12. The fourth-order valence-corrected chi connectivity index (χ4v) is 3.07. The van der Waals surface area contributed by atoms with Crippen LogP contribution in [0.5, 0.6) is 0 Å². The van der Waals surface area contributed by atoms with Crippen LogP contribution in [0.2, 0.25) is 0 Å². The molecule has 0 aromatic carbocycles. The first-order chi connectivity index (χ1) is 7.84. The molecule has 2 rings (SSSR count). The maximum atomic E-state index is 6.12. The Balaban J connectivity index is 1.58. The van der Waals surface area contributed by atoms with Crippen molar-refractivity contribution in [2.24, 2.45) is 5.73 Å². The summed E-state index contributed by atoms with van der Waals surface area (Å²) in [6.45, 7) is 0.964. The first-order valence-corrected chi connectivity index (χ1v) is 7.12. The molecule has 16 heavy (non-hydrogen) atoms. The van der Waals surface area contributed by atoms with Crippen molar-refractivity contribution < 1.29 is 4.74 Å². The average molecular weight is 239 g/mol. The summed E-state index contributed by atoms with van der Waals surface area (Å²) in [4.78, 5) is 1.41. The molecule has 2 heterocycles. The second-order valence-electron chi connectivity index (χ2n) is 4.61. The van der Waals surface area contributed by atoms with E-state index in [0.29, 0.717) is 12.1 Å². The Morgan fingerprint density at radius 2 is 2.50 bits per heavy atom. The predicted molar refractivity (Wildman–Crippen MR) is 68.8 cm³/mol. The van der Waals surface area contributed by atoms with Crippen LogP contribution < -0.4 is 5.73 Å². The van der Waals surface area contributed by atoms with Gasteiger partial charge in [0.25, 0.3) is 0 Å². The first kappa shape index (κ1) is 12.1. The zero-order valence-electron chi connectivity index (χ0n) is 9.73. The highest BCUT2D eigenvalue weighted by Gasteiger charge is 2.15. The van der Waals surface area contributed by atoms with Gasteiger partial charge in [-0.2, -0.15) is 0 Å². The van der Waals surface area contributed by atoms with E-state index in [1.165, 1.54) is 30.6 Å². The van der Waals surface area contributed by atoms with Gasteiger partial charge in [-0.25, -0.2) is 0 Å². The molecule has 3 heteroatoms. The van der Waals surface area contributed by atoms with Gasteiger partial charge in [-0.05, 0) is 50.0 Å². The molecule has 90 valence electrons. The molecule has 0 bridgehead atoms. The Labute approximate surface area is 102 Å². The van der Waals surface area contributed by atoms with E-state index in [1.54, 1.807) is 11.3 Å². The highest BCUT2D eigenvalue weighted by atomic mass is 32.1. The van der Waals surface area contributed by atoms with Gasteiger partial charge in [-0.1, -0.05) is 6.07 Å². The molecule has 1 aromatic rings. The van der Waals surface area contributed by atoms with Gasteiger partial charge in [0, 0.05) is 17.5 Å². The summed E-state index contributed by atoms with van der Waals surface area (Å²) < 4.78 is 5.60. The maximum Gasteiger partial charge on any atom is 0.0576 e. The summed E-state index contributed by atoms with van der Waals surface area (Å²) in [7, 11) is 0. The van der Waals surface area contributed by atoms with Crippen LogP contribution in [0.15, 0.2) is 17.5 Å². The highest BCUT2D eigenvalue weighted by molar-refractivity contribution is 7.09. The molecule has 0 radical (unpaired) electrons. The SMILES string of the molecule is NC(CCCC1CCCO1)Cc1cccs1. The molecule has 1 saturated heterocycles. The van der Waals surface area contributed by atoms with Crippen molar-refractivity contribution in [2.75, 3.05) is 6.61 Å². The van der Waals surface area contributed by atoms with Gasteiger partial charge in [0.15, 0.2) is 0 Å². The Hall–Kier alpha value is -0.380. The van der Waals surface area contributed by atoms with Crippen LogP contribution in [0.25, 0.3) is 0 Å². The Morgan fingerprint density at radius 3 is 3.19 bits per heavy atom. The van der Waals surface area contributed by atoms with Gasteiger partial charge < -0.3 is 10.5 Å². The molecule has 2 atom stereocenters. The topological polar surface area (TPSA) is 35.2 Å².